The minimum atomic E-state index is -1.58. The van der Waals surface area contributed by atoms with Gasteiger partial charge in [-0.2, -0.15) is 10.5 Å². The first-order valence-corrected chi connectivity index (χ1v) is 8.28. The molecule has 2 fully saturated rings. The molecule has 2 heterocycles. The molecular weight excluding hydrogens is 352 g/mol. The van der Waals surface area contributed by atoms with Crippen molar-refractivity contribution in [2.24, 2.45) is 21.6 Å². The number of nitrogens with zero attached hydrogens (tertiary/aromatic N) is 3. The van der Waals surface area contributed by atoms with Gasteiger partial charge >= 0.3 is 0 Å². The molecule has 0 amide bonds. The molecule has 3 aliphatic rings. The lowest BCUT2D eigenvalue weighted by atomic mass is 9.94. The Hall–Kier alpha value is -3.01. The van der Waals surface area contributed by atoms with E-state index in [9.17, 15) is 10.5 Å². The summed E-state index contributed by atoms with van der Waals surface area (Å²) in [5, 5.41) is 20.1. The Bertz CT molecular complexity index is 902. The quantitative estimate of drug-likeness (QED) is 0.827. The molecule has 1 aromatic carbocycles. The van der Waals surface area contributed by atoms with E-state index in [1.165, 1.54) is 21.3 Å². The van der Waals surface area contributed by atoms with E-state index in [0.29, 0.717) is 22.8 Å². The number of aliphatic imine (C=N–C) groups is 1. The topological polar surface area (TPSA) is 132 Å². The van der Waals surface area contributed by atoms with Crippen molar-refractivity contribution in [2.45, 2.75) is 11.8 Å². The number of amidine groups is 1. The number of nitriles is 2. The normalized spacial score (nSPS) is 32.2. The number of benzene rings is 1. The second-order valence-electron chi connectivity index (χ2n) is 6.51. The standard InChI is InChI=1S/C18H18N4O5/c1-23-11-6-10(7-12(24-2)13(11)25-3)14-16(8-19)15(21)22-18(17(14,16)9-20)26-4-5-27-18/h6-7,14H,4-5H2,1-3H3,(H2,21,22)/t14-,16+,17+/m1/s1. The molecule has 0 aromatic heterocycles. The summed E-state index contributed by atoms with van der Waals surface area (Å²) < 4.78 is 27.6. The largest absolute Gasteiger partial charge is 0.493 e. The van der Waals surface area contributed by atoms with E-state index in [4.69, 9.17) is 29.4 Å². The van der Waals surface area contributed by atoms with Crippen LogP contribution in [0.5, 0.6) is 17.2 Å². The van der Waals surface area contributed by atoms with Crippen LogP contribution in [0.15, 0.2) is 17.1 Å². The molecule has 4 rings (SSSR count). The average Bonchev–Trinajstić information content (AvgIpc) is 2.95. The van der Waals surface area contributed by atoms with Crippen molar-refractivity contribution in [1.29, 1.82) is 10.5 Å². The molecule has 0 radical (unpaired) electrons. The predicted octanol–water partition coefficient (Wildman–Crippen LogP) is 0.901. The van der Waals surface area contributed by atoms with Crippen molar-refractivity contribution < 1.29 is 23.7 Å². The minimum Gasteiger partial charge on any atom is -0.493 e. The molecule has 27 heavy (non-hydrogen) atoms. The number of hydrogen-bond donors (Lipinski definition) is 1. The lowest BCUT2D eigenvalue weighted by molar-refractivity contribution is -0.184. The molecule has 9 nitrogen and oxygen atoms in total. The molecule has 1 spiro atoms. The van der Waals surface area contributed by atoms with E-state index in [1.807, 2.05) is 0 Å². The van der Waals surface area contributed by atoms with Crippen LogP contribution in [-0.2, 0) is 9.47 Å². The van der Waals surface area contributed by atoms with Gasteiger partial charge in [-0.05, 0) is 17.7 Å². The molecule has 1 saturated heterocycles. The van der Waals surface area contributed by atoms with Gasteiger partial charge in [0.25, 0.3) is 5.91 Å². The molecule has 0 unspecified atom stereocenters. The van der Waals surface area contributed by atoms with Crippen LogP contribution in [-0.4, -0.2) is 46.3 Å². The molecule has 9 heteroatoms. The highest BCUT2D eigenvalue weighted by Crippen LogP contribution is 2.82. The summed E-state index contributed by atoms with van der Waals surface area (Å²) in [7, 11) is 4.49. The third-order valence-corrected chi connectivity index (χ3v) is 5.63. The van der Waals surface area contributed by atoms with Crippen LogP contribution in [0.25, 0.3) is 0 Å². The van der Waals surface area contributed by atoms with Crippen LogP contribution >= 0.6 is 0 Å². The molecule has 1 aliphatic carbocycles. The number of hydrogen-bond acceptors (Lipinski definition) is 9. The number of rotatable bonds is 4. The van der Waals surface area contributed by atoms with Gasteiger partial charge in [-0.1, -0.05) is 0 Å². The summed E-state index contributed by atoms with van der Waals surface area (Å²) in [5.74, 6) is -0.924. The van der Waals surface area contributed by atoms with Crippen molar-refractivity contribution >= 4 is 5.84 Å². The predicted molar refractivity (Wildman–Crippen MR) is 91.2 cm³/mol. The van der Waals surface area contributed by atoms with Gasteiger partial charge in [-0.15, -0.1) is 0 Å². The first-order valence-electron chi connectivity index (χ1n) is 8.28. The van der Waals surface area contributed by atoms with E-state index in [-0.39, 0.29) is 19.0 Å². The van der Waals surface area contributed by atoms with Gasteiger partial charge in [-0.3, -0.25) is 0 Å². The Balaban J connectivity index is 1.93. The van der Waals surface area contributed by atoms with E-state index >= 15 is 0 Å². The van der Waals surface area contributed by atoms with E-state index < -0.39 is 22.7 Å². The van der Waals surface area contributed by atoms with Crippen molar-refractivity contribution in [1.82, 2.24) is 0 Å². The van der Waals surface area contributed by atoms with Gasteiger partial charge in [0.05, 0.1) is 46.7 Å². The van der Waals surface area contributed by atoms with Gasteiger partial charge in [0.15, 0.2) is 16.9 Å². The average molecular weight is 370 g/mol. The van der Waals surface area contributed by atoms with E-state index in [0.717, 1.165) is 0 Å². The van der Waals surface area contributed by atoms with Crippen molar-refractivity contribution in [2.75, 3.05) is 34.5 Å². The molecule has 0 bridgehead atoms. The highest BCUT2D eigenvalue weighted by atomic mass is 16.8. The number of methoxy groups -OCH3 is 3. The molecule has 2 N–H and O–H groups in total. The first kappa shape index (κ1) is 17.4. The maximum atomic E-state index is 10.1. The molecule has 2 aliphatic heterocycles. The maximum absolute atomic E-state index is 10.1. The lowest BCUT2D eigenvalue weighted by Gasteiger charge is -2.26. The van der Waals surface area contributed by atoms with Gasteiger partial charge in [0.1, 0.15) is 11.3 Å². The summed E-state index contributed by atoms with van der Waals surface area (Å²) in [6, 6.07) is 7.86. The Morgan fingerprint density at radius 1 is 1.07 bits per heavy atom. The second kappa shape index (κ2) is 5.49. The number of fused-ring (bicyclic) bond motifs is 2. The highest BCUT2D eigenvalue weighted by Gasteiger charge is 2.94. The summed E-state index contributed by atoms with van der Waals surface area (Å²) in [6.45, 7) is 0.535. The van der Waals surface area contributed by atoms with Crippen molar-refractivity contribution in [3.63, 3.8) is 0 Å². The van der Waals surface area contributed by atoms with Crippen LogP contribution in [0.2, 0.25) is 0 Å². The smallest absolute Gasteiger partial charge is 0.293 e. The van der Waals surface area contributed by atoms with Crippen LogP contribution in [0.4, 0.5) is 0 Å². The SMILES string of the molecule is COc1cc([C@@H]2[C@@]3(C#N)C(N)=NC4(OCCO4)[C@@]23C#N)cc(OC)c1OC. The van der Waals surface area contributed by atoms with Gasteiger partial charge in [0.2, 0.25) is 5.75 Å². The van der Waals surface area contributed by atoms with Crippen LogP contribution < -0.4 is 19.9 Å². The summed E-state index contributed by atoms with van der Waals surface area (Å²) in [5.41, 5.74) is 4.02. The maximum Gasteiger partial charge on any atom is 0.293 e. The van der Waals surface area contributed by atoms with Gasteiger partial charge < -0.3 is 29.4 Å². The van der Waals surface area contributed by atoms with Crippen LogP contribution in [0.1, 0.15) is 11.5 Å². The number of ether oxygens (including phenoxy) is 5. The molecule has 3 atom stereocenters. The van der Waals surface area contributed by atoms with Gasteiger partial charge in [-0.25, -0.2) is 4.99 Å². The Labute approximate surface area is 155 Å². The Morgan fingerprint density at radius 2 is 1.67 bits per heavy atom. The Morgan fingerprint density at radius 3 is 2.11 bits per heavy atom. The monoisotopic (exact) mass is 370 g/mol. The molecule has 1 aromatic rings. The van der Waals surface area contributed by atoms with Crippen molar-refractivity contribution in [3.8, 4) is 29.4 Å². The first-order chi connectivity index (χ1) is 13.0. The molecular formula is C18H18N4O5. The third kappa shape index (κ3) is 1.71. The fourth-order valence-electron chi connectivity index (χ4n) is 4.49. The second-order valence-corrected chi connectivity index (χ2v) is 6.51. The Kier molecular flexibility index (Phi) is 3.54. The summed E-state index contributed by atoms with van der Waals surface area (Å²) in [6.07, 6.45) is 0. The minimum absolute atomic E-state index is 0.0344. The molecule has 1 saturated carbocycles. The zero-order valence-corrected chi connectivity index (χ0v) is 15.1. The molecule has 140 valence electrons. The van der Waals surface area contributed by atoms with Crippen molar-refractivity contribution in [3.05, 3.63) is 17.7 Å². The third-order valence-electron chi connectivity index (χ3n) is 5.63. The lowest BCUT2D eigenvalue weighted by Crippen LogP contribution is -2.38. The summed E-state index contributed by atoms with van der Waals surface area (Å²) in [4.78, 5) is 4.25. The van der Waals surface area contributed by atoms with E-state index in [1.54, 1.807) is 12.1 Å². The van der Waals surface area contributed by atoms with E-state index in [2.05, 4.69) is 17.1 Å². The fourth-order valence-corrected chi connectivity index (χ4v) is 4.49. The van der Waals surface area contributed by atoms with Crippen LogP contribution in [0, 0.1) is 33.5 Å². The zero-order valence-electron chi connectivity index (χ0n) is 15.1. The van der Waals surface area contributed by atoms with Crippen LogP contribution in [0.3, 0.4) is 0 Å². The van der Waals surface area contributed by atoms with Gasteiger partial charge in [0, 0.05) is 5.92 Å². The summed E-state index contributed by atoms with van der Waals surface area (Å²) >= 11 is 0. The zero-order chi connectivity index (χ0) is 19.4. The highest BCUT2D eigenvalue weighted by molar-refractivity contribution is 6.00. The number of nitrogens with two attached hydrogens (primary N) is 1. The fraction of sp³-hybridized carbons (Fsp3) is 0.500.